The Morgan fingerprint density at radius 3 is 2.54 bits per heavy atom. The average Bonchev–Trinajstić information content (AvgIpc) is 2.56. The number of ether oxygens (including phenoxy) is 1. The van der Waals surface area contributed by atoms with E-state index in [2.05, 4.69) is 20.6 Å². The van der Waals surface area contributed by atoms with Crippen LogP contribution in [0, 0.1) is 6.92 Å². The predicted molar refractivity (Wildman–Crippen MR) is 107 cm³/mol. The molecule has 0 aliphatic rings. The number of halogens is 1. The summed E-state index contributed by atoms with van der Waals surface area (Å²) >= 11 is 6.03. The lowest BCUT2D eigenvalue weighted by Gasteiger charge is -2.15. The molecule has 0 atom stereocenters. The Kier molecular flexibility index (Phi) is 5.58. The van der Waals surface area contributed by atoms with Gasteiger partial charge in [-0.3, -0.25) is 0 Å². The van der Waals surface area contributed by atoms with E-state index in [-0.39, 0.29) is 6.10 Å². The molecule has 0 aliphatic heterocycles. The molecule has 3 aromatic rings. The van der Waals surface area contributed by atoms with Crippen molar-refractivity contribution in [1.82, 2.24) is 9.97 Å². The van der Waals surface area contributed by atoms with Gasteiger partial charge < -0.3 is 15.4 Å². The molecule has 0 saturated carbocycles. The van der Waals surface area contributed by atoms with Crippen molar-refractivity contribution in [2.45, 2.75) is 26.9 Å². The fraction of sp³-hybridized carbons (Fsp3) is 0.200. The minimum atomic E-state index is 0.0881. The minimum Gasteiger partial charge on any atom is -0.489 e. The van der Waals surface area contributed by atoms with Gasteiger partial charge >= 0.3 is 0 Å². The van der Waals surface area contributed by atoms with E-state index in [0.29, 0.717) is 16.8 Å². The Balaban J connectivity index is 1.84. The van der Waals surface area contributed by atoms with Crippen molar-refractivity contribution in [2.75, 3.05) is 10.6 Å². The Hall–Kier alpha value is -2.79. The van der Waals surface area contributed by atoms with Crippen LogP contribution in [0.1, 0.15) is 19.5 Å². The number of nitrogens with one attached hydrogen (secondary N) is 2. The van der Waals surface area contributed by atoms with E-state index in [1.165, 1.54) is 0 Å². The third-order valence-corrected chi connectivity index (χ3v) is 3.68. The molecule has 6 heteroatoms. The maximum Gasteiger partial charge on any atom is 0.229 e. The quantitative estimate of drug-likeness (QED) is 0.583. The molecule has 1 heterocycles. The molecule has 0 aliphatic carbocycles. The zero-order chi connectivity index (χ0) is 18.5. The number of nitrogens with zero attached hydrogens (tertiary/aromatic N) is 2. The molecule has 0 bridgehead atoms. The highest BCUT2D eigenvalue weighted by Gasteiger charge is 2.08. The lowest BCUT2D eigenvalue weighted by Crippen LogP contribution is -2.08. The summed E-state index contributed by atoms with van der Waals surface area (Å²) < 4.78 is 5.85. The average molecular weight is 369 g/mol. The Labute approximate surface area is 158 Å². The minimum absolute atomic E-state index is 0.0881. The van der Waals surface area contributed by atoms with E-state index in [9.17, 15) is 0 Å². The van der Waals surface area contributed by atoms with Crippen LogP contribution in [0.3, 0.4) is 0 Å². The van der Waals surface area contributed by atoms with Crippen LogP contribution >= 0.6 is 11.6 Å². The summed E-state index contributed by atoms with van der Waals surface area (Å²) in [7, 11) is 0. The Morgan fingerprint density at radius 2 is 1.77 bits per heavy atom. The fourth-order valence-electron chi connectivity index (χ4n) is 2.45. The molecule has 134 valence electrons. The Morgan fingerprint density at radius 1 is 0.962 bits per heavy atom. The van der Waals surface area contributed by atoms with Crippen molar-refractivity contribution in [2.24, 2.45) is 0 Å². The van der Waals surface area contributed by atoms with Crippen molar-refractivity contribution in [3.8, 4) is 5.75 Å². The first-order valence-electron chi connectivity index (χ1n) is 8.40. The summed E-state index contributed by atoms with van der Waals surface area (Å²) in [6.07, 6.45) is 0.0881. The van der Waals surface area contributed by atoms with Gasteiger partial charge in [-0.15, -0.1) is 0 Å². The molecule has 0 spiro atoms. The number of rotatable bonds is 6. The summed E-state index contributed by atoms with van der Waals surface area (Å²) in [5.74, 6) is 1.96. The molecule has 2 N–H and O–H groups in total. The highest BCUT2D eigenvalue weighted by atomic mass is 35.5. The number of aryl methyl sites for hydroxylation is 1. The summed E-state index contributed by atoms with van der Waals surface area (Å²) in [5, 5.41) is 7.15. The van der Waals surface area contributed by atoms with Crippen molar-refractivity contribution in [3.05, 3.63) is 65.3 Å². The molecule has 0 fully saturated rings. The number of hydrogen-bond acceptors (Lipinski definition) is 5. The van der Waals surface area contributed by atoms with Crippen molar-refractivity contribution < 1.29 is 4.74 Å². The molecule has 0 radical (unpaired) electrons. The maximum atomic E-state index is 6.03. The molecule has 1 aromatic heterocycles. The molecule has 5 nitrogen and oxygen atoms in total. The second-order valence-electron chi connectivity index (χ2n) is 6.14. The molecular formula is C20H21ClN4O. The number of anilines is 4. The molecule has 0 saturated heterocycles. The SMILES string of the molecule is Cc1cc(Nc2ccccc2OC(C)C)nc(Nc2cccc(Cl)c2)n1. The van der Waals surface area contributed by atoms with Gasteiger partial charge in [-0.1, -0.05) is 29.8 Å². The number of benzene rings is 2. The standard InChI is InChI=1S/C20H21ClN4O/c1-13(2)26-18-10-5-4-9-17(18)24-19-11-14(3)22-20(25-19)23-16-8-6-7-15(21)12-16/h4-13H,1-3H3,(H2,22,23,24,25). The third kappa shape index (κ3) is 4.86. The highest BCUT2D eigenvalue weighted by molar-refractivity contribution is 6.30. The monoisotopic (exact) mass is 368 g/mol. The predicted octanol–water partition coefficient (Wildman–Crippen LogP) is 5.71. The van der Waals surface area contributed by atoms with Gasteiger partial charge in [-0.25, -0.2) is 4.98 Å². The first-order chi connectivity index (χ1) is 12.5. The van der Waals surface area contributed by atoms with Crippen molar-refractivity contribution >= 4 is 34.7 Å². The van der Waals surface area contributed by atoms with Gasteiger partial charge in [0, 0.05) is 22.5 Å². The van der Waals surface area contributed by atoms with E-state index in [4.69, 9.17) is 16.3 Å². The van der Waals surface area contributed by atoms with E-state index in [1.54, 1.807) is 0 Å². The number of hydrogen-bond donors (Lipinski definition) is 2. The topological polar surface area (TPSA) is 59.1 Å². The Bertz CT molecular complexity index is 898. The van der Waals surface area contributed by atoms with Crippen LogP contribution in [-0.4, -0.2) is 16.1 Å². The summed E-state index contributed by atoms with van der Waals surface area (Å²) in [6.45, 7) is 5.92. The normalized spacial score (nSPS) is 10.7. The van der Waals surface area contributed by atoms with Crippen LogP contribution < -0.4 is 15.4 Å². The maximum absolute atomic E-state index is 6.03. The lowest BCUT2D eigenvalue weighted by molar-refractivity contribution is 0.244. The van der Waals surface area contributed by atoms with Gasteiger partial charge in [0.05, 0.1) is 11.8 Å². The van der Waals surface area contributed by atoms with Crippen LogP contribution in [0.4, 0.5) is 23.1 Å². The van der Waals surface area contributed by atoms with E-state index in [1.807, 2.05) is 75.4 Å². The third-order valence-electron chi connectivity index (χ3n) is 3.45. The van der Waals surface area contributed by atoms with Gasteiger partial charge in [0.1, 0.15) is 11.6 Å². The molecule has 26 heavy (non-hydrogen) atoms. The van der Waals surface area contributed by atoms with Crippen molar-refractivity contribution in [1.29, 1.82) is 0 Å². The smallest absolute Gasteiger partial charge is 0.229 e. The van der Waals surface area contributed by atoms with E-state index < -0.39 is 0 Å². The summed E-state index contributed by atoms with van der Waals surface area (Å²) in [5.41, 5.74) is 2.53. The zero-order valence-corrected chi connectivity index (χ0v) is 15.7. The highest BCUT2D eigenvalue weighted by Crippen LogP contribution is 2.28. The zero-order valence-electron chi connectivity index (χ0n) is 15.0. The fourth-order valence-corrected chi connectivity index (χ4v) is 2.64. The van der Waals surface area contributed by atoms with Gasteiger partial charge in [0.15, 0.2) is 0 Å². The number of aromatic nitrogens is 2. The number of para-hydroxylation sites is 2. The second kappa shape index (κ2) is 8.06. The van der Waals surface area contributed by atoms with Crippen LogP contribution in [0.2, 0.25) is 5.02 Å². The van der Waals surface area contributed by atoms with Crippen LogP contribution in [0.5, 0.6) is 5.75 Å². The van der Waals surface area contributed by atoms with Gasteiger partial charge in [-0.05, 0) is 51.1 Å². The van der Waals surface area contributed by atoms with Crippen LogP contribution in [-0.2, 0) is 0 Å². The van der Waals surface area contributed by atoms with Crippen LogP contribution in [0.25, 0.3) is 0 Å². The van der Waals surface area contributed by atoms with Gasteiger partial charge in [0.2, 0.25) is 5.95 Å². The van der Waals surface area contributed by atoms with Crippen molar-refractivity contribution in [3.63, 3.8) is 0 Å². The largest absolute Gasteiger partial charge is 0.489 e. The van der Waals surface area contributed by atoms with Gasteiger partial charge in [-0.2, -0.15) is 4.98 Å². The summed E-state index contributed by atoms with van der Waals surface area (Å²) in [6, 6.07) is 17.1. The van der Waals surface area contributed by atoms with Crippen LogP contribution in [0.15, 0.2) is 54.6 Å². The molecular weight excluding hydrogens is 348 g/mol. The molecule has 0 amide bonds. The molecule has 2 aromatic carbocycles. The van der Waals surface area contributed by atoms with E-state index in [0.717, 1.165) is 22.8 Å². The lowest BCUT2D eigenvalue weighted by atomic mass is 10.3. The summed E-state index contributed by atoms with van der Waals surface area (Å²) in [4.78, 5) is 8.98. The first-order valence-corrected chi connectivity index (χ1v) is 8.78. The second-order valence-corrected chi connectivity index (χ2v) is 6.58. The molecule has 0 unspecified atom stereocenters. The van der Waals surface area contributed by atoms with Gasteiger partial charge in [0.25, 0.3) is 0 Å². The first kappa shape index (κ1) is 18.0. The van der Waals surface area contributed by atoms with E-state index >= 15 is 0 Å². The molecule has 3 rings (SSSR count).